The molecular weight excluding hydrogens is 463 g/mol. The van der Waals surface area contributed by atoms with Gasteiger partial charge in [-0.1, -0.05) is 48.3 Å². The van der Waals surface area contributed by atoms with Gasteiger partial charge in [-0.25, -0.2) is 4.79 Å². The maximum atomic E-state index is 12.1. The molecule has 3 aromatic rings. The van der Waals surface area contributed by atoms with Gasteiger partial charge >= 0.3 is 6.09 Å². The maximum absolute atomic E-state index is 12.1. The Balaban J connectivity index is 1.82. The van der Waals surface area contributed by atoms with E-state index in [0.717, 1.165) is 11.1 Å². The smallest absolute Gasteiger partial charge is 0.412 e. The van der Waals surface area contributed by atoms with E-state index in [-0.39, 0.29) is 12.5 Å². The van der Waals surface area contributed by atoms with Gasteiger partial charge in [0.2, 0.25) is 0 Å². The lowest BCUT2D eigenvalue weighted by molar-refractivity contribution is 0.0635. The molecule has 0 unspecified atom stereocenters. The molecule has 0 fully saturated rings. The normalized spacial score (nSPS) is 11.5. The molecule has 0 spiro atoms. The minimum Gasteiger partial charge on any atom is -0.489 e. The topological polar surface area (TPSA) is 73.6 Å². The van der Waals surface area contributed by atoms with Crippen LogP contribution in [0.25, 0.3) is 11.3 Å². The number of aromatic nitrogens is 1. The first-order valence-electron chi connectivity index (χ1n) is 10.6. The summed E-state index contributed by atoms with van der Waals surface area (Å²) in [6.45, 7) is 11.6. The molecule has 2 aromatic carbocycles. The molecule has 0 bridgehead atoms. The molecule has 33 heavy (non-hydrogen) atoms. The first-order valence-corrected chi connectivity index (χ1v) is 11.4. The van der Waals surface area contributed by atoms with E-state index in [2.05, 4.69) is 10.5 Å². The van der Waals surface area contributed by atoms with Crippen LogP contribution in [-0.4, -0.2) is 16.9 Å². The molecule has 1 aromatic heterocycles. The quantitative estimate of drug-likeness (QED) is 0.378. The molecule has 0 aliphatic heterocycles. The monoisotopic (exact) mass is 490 g/mol. The number of hydrogen-bond acceptors (Lipinski definition) is 5. The van der Waals surface area contributed by atoms with Gasteiger partial charge in [-0.3, -0.25) is 5.32 Å². The summed E-state index contributed by atoms with van der Waals surface area (Å²) in [4.78, 5) is 12.1. The fraction of sp³-hybridized carbons (Fsp3) is 0.360. The van der Waals surface area contributed by atoms with E-state index in [0.29, 0.717) is 38.5 Å². The second-order valence-electron chi connectivity index (χ2n) is 9.02. The Hall–Kier alpha value is -2.70. The molecule has 1 heterocycles. The molecule has 0 aliphatic rings. The van der Waals surface area contributed by atoms with Crippen molar-refractivity contribution < 1.29 is 18.8 Å². The van der Waals surface area contributed by atoms with E-state index in [1.807, 2.05) is 47.6 Å². The minimum atomic E-state index is -0.573. The average molecular weight is 491 g/mol. The molecule has 6 nitrogen and oxygen atoms in total. The molecule has 176 valence electrons. The second-order valence-corrected chi connectivity index (χ2v) is 9.83. The summed E-state index contributed by atoms with van der Waals surface area (Å²) in [5, 5.41) is 7.98. The Morgan fingerprint density at radius 2 is 1.82 bits per heavy atom. The SMILES string of the molecule is Cc1cc(OCc2c(-c3c(Cl)cccc3Cl)noc2C(C)C)ccc1NC(=O)OC(C)(C)C. The molecule has 3 rings (SSSR count). The number of rotatable bonds is 6. The number of benzene rings is 2. The zero-order chi connectivity index (χ0) is 24.3. The van der Waals surface area contributed by atoms with Crippen LogP contribution in [0.1, 0.15) is 57.4 Å². The number of carbonyl (C=O) groups excluding carboxylic acids is 1. The van der Waals surface area contributed by atoms with Gasteiger partial charge in [-0.15, -0.1) is 0 Å². The number of carbonyl (C=O) groups is 1. The molecule has 0 saturated carbocycles. The van der Waals surface area contributed by atoms with E-state index in [1.54, 1.807) is 30.3 Å². The van der Waals surface area contributed by atoms with Crippen LogP contribution in [0.15, 0.2) is 40.9 Å². The highest BCUT2D eigenvalue weighted by atomic mass is 35.5. The van der Waals surface area contributed by atoms with Gasteiger partial charge in [0, 0.05) is 17.2 Å². The van der Waals surface area contributed by atoms with Crippen LogP contribution in [-0.2, 0) is 11.3 Å². The highest BCUT2D eigenvalue weighted by Gasteiger charge is 2.24. The van der Waals surface area contributed by atoms with Gasteiger partial charge in [0.1, 0.15) is 29.4 Å². The van der Waals surface area contributed by atoms with Crippen LogP contribution in [0.3, 0.4) is 0 Å². The van der Waals surface area contributed by atoms with Crippen LogP contribution < -0.4 is 10.1 Å². The number of halogens is 2. The Kier molecular flexibility index (Phi) is 7.60. The molecule has 1 amide bonds. The van der Waals surface area contributed by atoms with Crippen LogP contribution in [0.5, 0.6) is 5.75 Å². The van der Waals surface area contributed by atoms with Crippen molar-refractivity contribution in [2.75, 3.05) is 5.32 Å². The first-order chi connectivity index (χ1) is 15.5. The summed E-state index contributed by atoms with van der Waals surface area (Å²) in [6.07, 6.45) is -0.508. The Bertz CT molecular complexity index is 1130. The lowest BCUT2D eigenvalue weighted by Gasteiger charge is -2.20. The van der Waals surface area contributed by atoms with Gasteiger partial charge in [-0.2, -0.15) is 0 Å². The average Bonchev–Trinajstić information content (AvgIpc) is 3.10. The standard InChI is InChI=1S/C25H28Cl2N2O4/c1-14(2)23-17(22(29-33-23)21-18(26)8-7-9-19(21)27)13-31-16-10-11-20(15(3)12-16)28-24(30)32-25(4,5)6/h7-12,14H,13H2,1-6H3,(H,28,30). The Labute approximate surface area is 204 Å². The third-order valence-electron chi connectivity index (χ3n) is 4.76. The Morgan fingerprint density at radius 3 is 2.39 bits per heavy atom. The molecular formula is C25H28Cl2N2O4. The van der Waals surface area contributed by atoms with Crippen molar-refractivity contribution in [2.24, 2.45) is 0 Å². The van der Waals surface area contributed by atoms with Gasteiger partial charge in [0.05, 0.1) is 15.6 Å². The third kappa shape index (κ3) is 6.21. The van der Waals surface area contributed by atoms with Gasteiger partial charge in [0.15, 0.2) is 0 Å². The molecule has 8 heteroatoms. The summed E-state index contributed by atoms with van der Waals surface area (Å²) in [5.41, 5.74) is 2.87. The van der Waals surface area contributed by atoms with E-state index < -0.39 is 11.7 Å². The fourth-order valence-electron chi connectivity index (χ4n) is 3.27. The van der Waals surface area contributed by atoms with Crippen LogP contribution in [0.2, 0.25) is 10.0 Å². The van der Waals surface area contributed by atoms with Gasteiger partial charge in [0.25, 0.3) is 0 Å². The summed E-state index contributed by atoms with van der Waals surface area (Å²) in [5.74, 6) is 1.43. The molecule has 0 atom stereocenters. The largest absolute Gasteiger partial charge is 0.489 e. The van der Waals surface area contributed by atoms with Crippen molar-refractivity contribution in [3.05, 3.63) is 63.3 Å². The highest BCUT2D eigenvalue weighted by molar-refractivity contribution is 6.39. The number of nitrogens with one attached hydrogen (secondary N) is 1. The van der Waals surface area contributed by atoms with Crippen LogP contribution in [0.4, 0.5) is 10.5 Å². The zero-order valence-corrected chi connectivity index (χ0v) is 21.1. The number of anilines is 1. The van der Waals surface area contributed by atoms with Crippen molar-refractivity contribution in [1.82, 2.24) is 5.16 Å². The summed E-state index contributed by atoms with van der Waals surface area (Å²) in [7, 11) is 0. The van der Waals surface area contributed by atoms with Crippen molar-refractivity contribution in [2.45, 2.75) is 59.7 Å². The van der Waals surface area contributed by atoms with Crippen LogP contribution >= 0.6 is 23.2 Å². The van der Waals surface area contributed by atoms with Crippen molar-refractivity contribution in [3.63, 3.8) is 0 Å². The summed E-state index contributed by atoms with van der Waals surface area (Å²) >= 11 is 12.8. The van der Waals surface area contributed by atoms with E-state index in [9.17, 15) is 4.79 Å². The third-order valence-corrected chi connectivity index (χ3v) is 5.39. The van der Waals surface area contributed by atoms with Crippen molar-refractivity contribution >= 4 is 35.0 Å². The molecule has 0 radical (unpaired) electrons. The summed E-state index contributed by atoms with van der Waals surface area (Å²) in [6, 6.07) is 10.7. The number of amides is 1. The number of ether oxygens (including phenoxy) is 2. The lowest BCUT2D eigenvalue weighted by atomic mass is 10.0. The van der Waals surface area contributed by atoms with Gasteiger partial charge in [-0.05, 0) is 63.6 Å². The van der Waals surface area contributed by atoms with E-state index >= 15 is 0 Å². The Morgan fingerprint density at radius 1 is 1.15 bits per heavy atom. The van der Waals surface area contributed by atoms with Crippen molar-refractivity contribution in [1.29, 1.82) is 0 Å². The van der Waals surface area contributed by atoms with Gasteiger partial charge < -0.3 is 14.0 Å². The van der Waals surface area contributed by atoms with E-state index in [1.165, 1.54) is 0 Å². The zero-order valence-electron chi connectivity index (χ0n) is 19.6. The maximum Gasteiger partial charge on any atom is 0.412 e. The molecule has 1 N–H and O–H groups in total. The van der Waals surface area contributed by atoms with Crippen molar-refractivity contribution in [3.8, 4) is 17.0 Å². The second kappa shape index (κ2) is 10.1. The van der Waals surface area contributed by atoms with Crippen LogP contribution in [0, 0.1) is 6.92 Å². The number of aryl methyl sites for hydroxylation is 1. The highest BCUT2D eigenvalue weighted by Crippen LogP contribution is 2.39. The predicted octanol–water partition coefficient (Wildman–Crippen LogP) is 8.01. The predicted molar refractivity (Wildman–Crippen MR) is 131 cm³/mol. The minimum absolute atomic E-state index is 0.0910. The molecule has 0 saturated heterocycles. The summed E-state index contributed by atoms with van der Waals surface area (Å²) < 4.78 is 17.0. The lowest BCUT2D eigenvalue weighted by Crippen LogP contribution is -2.27. The fourth-order valence-corrected chi connectivity index (χ4v) is 3.85. The van der Waals surface area contributed by atoms with E-state index in [4.69, 9.17) is 37.2 Å². The number of nitrogens with zero attached hydrogens (tertiary/aromatic N) is 1. The first kappa shape index (κ1) is 24.9. The molecule has 0 aliphatic carbocycles. The number of hydrogen-bond donors (Lipinski definition) is 1.